The average Bonchev–Trinajstić information content (AvgIpc) is 3.13. The summed E-state index contributed by atoms with van der Waals surface area (Å²) in [5.41, 5.74) is 3.75. The number of rotatable bonds is 6. The van der Waals surface area contributed by atoms with Gasteiger partial charge in [0.2, 0.25) is 0 Å². The molecule has 1 aromatic heterocycles. The minimum absolute atomic E-state index is 0.213. The molecule has 0 fully saturated rings. The average molecular weight is 412 g/mol. The zero-order valence-electron chi connectivity index (χ0n) is 17.6. The first-order valence-corrected chi connectivity index (χ1v) is 10.1. The van der Waals surface area contributed by atoms with Gasteiger partial charge in [-0.05, 0) is 35.2 Å². The van der Waals surface area contributed by atoms with E-state index in [-0.39, 0.29) is 11.5 Å². The molecule has 0 atom stereocenters. The van der Waals surface area contributed by atoms with Crippen molar-refractivity contribution >= 4 is 22.8 Å². The number of aromatic nitrogens is 1. The number of methoxy groups -OCH3 is 1. The standard InChI is InChI=1S/C26H24N2O3/c1-27-21(16-20-12-6-9-15-24(20)27)18-28(17-19-10-4-3-5-11-19)25(29)22-13-7-8-14-23(22)26(30)31-2/h3-16H,17-18H2,1-2H3. The molecule has 0 radical (unpaired) electrons. The van der Waals surface area contributed by atoms with Crippen molar-refractivity contribution in [2.45, 2.75) is 13.1 Å². The Labute approximate surface area is 181 Å². The van der Waals surface area contributed by atoms with Crippen molar-refractivity contribution in [1.29, 1.82) is 0 Å². The van der Waals surface area contributed by atoms with Crippen LogP contribution in [0.25, 0.3) is 10.9 Å². The molecule has 3 aromatic carbocycles. The first-order valence-electron chi connectivity index (χ1n) is 10.1. The second kappa shape index (κ2) is 8.88. The van der Waals surface area contributed by atoms with E-state index in [0.717, 1.165) is 22.2 Å². The lowest BCUT2D eigenvalue weighted by atomic mass is 10.1. The molecule has 1 heterocycles. The Morgan fingerprint density at radius 3 is 2.19 bits per heavy atom. The third-order valence-electron chi connectivity index (χ3n) is 5.47. The summed E-state index contributed by atoms with van der Waals surface area (Å²) in [6.07, 6.45) is 0. The second-order valence-electron chi connectivity index (χ2n) is 7.44. The summed E-state index contributed by atoms with van der Waals surface area (Å²) in [6, 6.07) is 26.9. The van der Waals surface area contributed by atoms with Crippen molar-refractivity contribution in [3.05, 3.63) is 107 Å². The van der Waals surface area contributed by atoms with Gasteiger partial charge >= 0.3 is 5.97 Å². The number of para-hydroxylation sites is 1. The van der Waals surface area contributed by atoms with Crippen LogP contribution in [-0.2, 0) is 24.9 Å². The number of benzene rings is 3. The highest BCUT2D eigenvalue weighted by Crippen LogP contribution is 2.22. The lowest BCUT2D eigenvalue weighted by molar-refractivity contribution is 0.0588. The van der Waals surface area contributed by atoms with Crippen LogP contribution in [0, 0.1) is 0 Å². The fourth-order valence-electron chi connectivity index (χ4n) is 3.82. The molecule has 5 nitrogen and oxygen atoms in total. The normalized spacial score (nSPS) is 10.8. The summed E-state index contributed by atoms with van der Waals surface area (Å²) >= 11 is 0. The first-order chi connectivity index (χ1) is 15.1. The Hall–Kier alpha value is -3.86. The summed E-state index contributed by atoms with van der Waals surface area (Å²) in [4.78, 5) is 27.7. The summed E-state index contributed by atoms with van der Waals surface area (Å²) < 4.78 is 6.99. The molecule has 0 saturated heterocycles. The van der Waals surface area contributed by atoms with Crippen LogP contribution in [0.2, 0.25) is 0 Å². The number of esters is 1. The van der Waals surface area contributed by atoms with E-state index in [1.165, 1.54) is 7.11 Å². The van der Waals surface area contributed by atoms with E-state index in [9.17, 15) is 9.59 Å². The van der Waals surface area contributed by atoms with Gasteiger partial charge in [0.1, 0.15) is 0 Å². The summed E-state index contributed by atoms with van der Waals surface area (Å²) in [5, 5.41) is 1.13. The van der Waals surface area contributed by atoms with Crippen molar-refractivity contribution in [2.24, 2.45) is 7.05 Å². The molecule has 0 bridgehead atoms. The van der Waals surface area contributed by atoms with E-state index in [1.807, 2.05) is 49.5 Å². The Morgan fingerprint density at radius 1 is 0.839 bits per heavy atom. The Kier molecular flexibility index (Phi) is 5.85. The lowest BCUT2D eigenvalue weighted by Crippen LogP contribution is -2.32. The van der Waals surface area contributed by atoms with Crippen LogP contribution in [0.3, 0.4) is 0 Å². The van der Waals surface area contributed by atoms with Crippen LogP contribution in [-0.4, -0.2) is 28.5 Å². The molecule has 5 heteroatoms. The number of ether oxygens (including phenoxy) is 1. The van der Waals surface area contributed by atoms with Crippen molar-refractivity contribution in [3.63, 3.8) is 0 Å². The Bertz CT molecular complexity index is 1230. The number of aryl methyl sites for hydroxylation is 1. The molecule has 0 aliphatic heterocycles. The minimum Gasteiger partial charge on any atom is -0.465 e. The van der Waals surface area contributed by atoms with Gasteiger partial charge < -0.3 is 14.2 Å². The van der Waals surface area contributed by atoms with Crippen LogP contribution in [0.1, 0.15) is 32.0 Å². The monoisotopic (exact) mass is 412 g/mol. The summed E-state index contributed by atoms with van der Waals surface area (Å²) in [7, 11) is 3.33. The first kappa shape index (κ1) is 20.4. The topological polar surface area (TPSA) is 51.5 Å². The van der Waals surface area contributed by atoms with Gasteiger partial charge in [-0.15, -0.1) is 0 Å². The second-order valence-corrected chi connectivity index (χ2v) is 7.44. The zero-order chi connectivity index (χ0) is 21.8. The summed E-state index contributed by atoms with van der Waals surface area (Å²) in [6.45, 7) is 0.838. The molecule has 0 spiro atoms. The third-order valence-corrected chi connectivity index (χ3v) is 5.47. The SMILES string of the molecule is COC(=O)c1ccccc1C(=O)N(Cc1ccccc1)Cc1cc2ccccc2n1C. The molecule has 0 aliphatic carbocycles. The highest BCUT2D eigenvalue weighted by Gasteiger charge is 2.23. The van der Waals surface area contributed by atoms with Crippen LogP contribution in [0.4, 0.5) is 0 Å². The number of hydrogen-bond donors (Lipinski definition) is 0. The number of hydrogen-bond acceptors (Lipinski definition) is 3. The number of fused-ring (bicyclic) bond motifs is 1. The van der Waals surface area contributed by atoms with Gasteiger partial charge in [0.25, 0.3) is 5.91 Å². The largest absolute Gasteiger partial charge is 0.465 e. The minimum atomic E-state index is -0.520. The van der Waals surface area contributed by atoms with Gasteiger partial charge in [0, 0.05) is 24.8 Å². The smallest absolute Gasteiger partial charge is 0.338 e. The van der Waals surface area contributed by atoms with E-state index in [1.54, 1.807) is 29.2 Å². The molecule has 0 aliphatic rings. The van der Waals surface area contributed by atoms with Gasteiger partial charge in [0.15, 0.2) is 0 Å². The van der Waals surface area contributed by atoms with Gasteiger partial charge in [-0.2, -0.15) is 0 Å². The van der Waals surface area contributed by atoms with E-state index in [4.69, 9.17) is 4.74 Å². The van der Waals surface area contributed by atoms with Crippen molar-refractivity contribution in [3.8, 4) is 0 Å². The van der Waals surface area contributed by atoms with Crippen molar-refractivity contribution in [1.82, 2.24) is 9.47 Å². The Morgan fingerprint density at radius 2 is 1.48 bits per heavy atom. The van der Waals surface area contributed by atoms with Gasteiger partial charge in [-0.25, -0.2) is 4.79 Å². The van der Waals surface area contributed by atoms with Gasteiger partial charge in [0.05, 0.1) is 24.8 Å². The molecule has 0 unspecified atom stereocenters. The maximum atomic E-state index is 13.6. The highest BCUT2D eigenvalue weighted by atomic mass is 16.5. The van der Waals surface area contributed by atoms with E-state index in [2.05, 4.69) is 22.8 Å². The van der Waals surface area contributed by atoms with Crippen molar-refractivity contribution in [2.75, 3.05) is 7.11 Å². The van der Waals surface area contributed by atoms with Crippen LogP contribution >= 0.6 is 0 Å². The van der Waals surface area contributed by atoms with E-state index in [0.29, 0.717) is 18.7 Å². The Balaban J connectivity index is 1.73. The molecule has 1 amide bonds. The number of carbonyl (C=O) groups excluding carboxylic acids is 2. The van der Waals surface area contributed by atoms with Crippen LogP contribution < -0.4 is 0 Å². The van der Waals surface area contributed by atoms with Crippen LogP contribution in [0.15, 0.2) is 84.9 Å². The summed E-state index contributed by atoms with van der Waals surface area (Å²) in [5.74, 6) is -0.733. The predicted octanol–water partition coefficient (Wildman–Crippen LogP) is 4.81. The number of nitrogens with zero attached hydrogens (tertiary/aromatic N) is 2. The predicted molar refractivity (Wildman–Crippen MR) is 121 cm³/mol. The quantitative estimate of drug-likeness (QED) is 0.427. The molecule has 156 valence electrons. The van der Waals surface area contributed by atoms with Gasteiger partial charge in [-0.3, -0.25) is 4.79 Å². The van der Waals surface area contributed by atoms with E-state index >= 15 is 0 Å². The molecule has 0 N–H and O–H groups in total. The molecule has 4 aromatic rings. The van der Waals surface area contributed by atoms with Gasteiger partial charge in [-0.1, -0.05) is 60.7 Å². The number of amides is 1. The van der Waals surface area contributed by atoms with Crippen molar-refractivity contribution < 1.29 is 14.3 Å². The maximum absolute atomic E-state index is 13.6. The molecule has 31 heavy (non-hydrogen) atoms. The fourth-order valence-corrected chi connectivity index (χ4v) is 3.82. The number of carbonyl (C=O) groups is 2. The zero-order valence-corrected chi connectivity index (χ0v) is 17.6. The lowest BCUT2D eigenvalue weighted by Gasteiger charge is -2.24. The third kappa shape index (κ3) is 4.21. The maximum Gasteiger partial charge on any atom is 0.338 e. The molecular formula is C26H24N2O3. The molecule has 0 saturated carbocycles. The van der Waals surface area contributed by atoms with E-state index < -0.39 is 5.97 Å². The molecular weight excluding hydrogens is 388 g/mol. The van der Waals surface area contributed by atoms with Crippen LogP contribution in [0.5, 0.6) is 0 Å². The fraction of sp³-hybridized carbons (Fsp3) is 0.154. The molecule has 4 rings (SSSR count). The highest BCUT2D eigenvalue weighted by molar-refractivity contribution is 6.05.